The largest absolute Gasteiger partial charge is 0.329 e. The molecule has 2 aromatic rings. The Morgan fingerprint density at radius 1 is 1.00 bits per heavy atom. The first-order valence-corrected chi connectivity index (χ1v) is 7.72. The number of carbonyl (C=O) groups excluding carboxylic acids is 2. The zero-order chi connectivity index (χ0) is 16.8. The van der Waals surface area contributed by atoms with Crippen LogP contribution in [0.1, 0.15) is 16.7 Å². The Balaban J connectivity index is 1.90. The molecule has 0 atom stereocenters. The van der Waals surface area contributed by atoms with Crippen molar-refractivity contribution in [2.45, 2.75) is 13.8 Å². The van der Waals surface area contributed by atoms with Crippen molar-refractivity contribution in [3.63, 3.8) is 0 Å². The topological polar surface area (TPSA) is 70.6 Å². The summed E-state index contributed by atoms with van der Waals surface area (Å²) >= 11 is 3.30. The van der Waals surface area contributed by atoms with E-state index in [4.69, 9.17) is 0 Å². The Morgan fingerprint density at radius 2 is 1.70 bits per heavy atom. The smallest absolute Gasteiger partial charge is 0.318 e. The van der Waals surface area contributed by atoms with Crippen molar-refractivity contribution >= 4 is 39.6 Å². The molecular weight excluding hydrogens is 358 g/mol. The highest BCUT2D eigenvalue weighted by Gasteiger charge is 2.12. The first kappa shape index (κ1) is 16.9. The number of halogens is 1. The number of hydrogen-bond acceptors (Lipinski definition) is 3. The normalized spacial score (nSPS) is 10.6. The molecule has 0 saturated carbocycles. The molecule has 6 heteroatoms. The molecule has 0 aliphatic carbocycles. The van der Waals surface area contributed by atoms with Gasteiger partial charge in [0.2, 0.25) is 0 Å². The van der Waals surface area contributed by atoms with Crippen LogP contribution in [-0.4, -0.2) is 18.0 Å². The summed E-state index contributed by atoms with van der Waals surface area (Å²) < 4.78 is 0.887. The minimum Gasteiger partial charge on any atom is -0.318 e. The molecule has 2 amide bonds. The van der Waals surface area contributed by atoms with Crippen LogP contribution in [0.2, 0.25) is 0 Å². The van der Waals surface area contributed by atoms with Gasteiger partial charge in [-0.2, -0.15) is 5.10 Å². The fourth-order valence-electron chi connectivity index (χ4n) is 1.78. The van der Waals surface area contributed by atoms with Gasteiger partial charge in [-0.05, 0) is 54.8 Å². The third-order valence-corrected chi connectivity index (χ3v) is 3.75. The van der Waals surface area contributed by atoms with Gasteiger partial charge in [-0.1, -0.05) is 34.1 Å². The van der Waals surface area contributed by atoms with E-state index in [0.29, 0.717) is 5.69 Å². The van der Waals surface area contributed by atoms with Crippen LogP contribution >= 0.6 is 15.9 Å². The molecule has 0 aromatic heterocycles. The van der Waals surface area contributed by atoms with Crippen LogP contribution in [0.5, 0.6) is 0 Å². The minimum absolute atomic E-state index is 0.534. The zero-order valence-electron chi connectivity index (χ0n) is 12.8. The van der Waals surface area contributed by atoms with E-state index < -0.39 is 11.8 Å². The number of benzene rings is 2. The Labute approximate surface area is 142 Å². The van der Waals surface area contributed by atoms with Crippen molar-refractivity contribution < 1.29 is 9.59 Å². The summed E-state index contributed by atoms with van der Waals surface area (Å²) in [5.41, 5.74) is 5.90. The van der Waals surface area contributed by atoms with Crippen LogP contribution < -0.4 is 10.7 Å². The average Bonchev–Trinajstić information content (AvgIpc) is 2.53. The average molecular weight is 374 g/mol. The molecule has 118 valence electrons. The van der Waals surface area contributed by atoms with Crippen LogP contribution in [0.3, 0.4) is 0 Å². The second-order valence-corrected chi connectivity index (χ2v) is 5.92. The van der Waals surface area contributed by atoms with Crippen molar-refractivity contribution in [2.75, 3.05) is 5.32 Å². The molecule has 0 saturated heterocycles. The van der Waals surface area contributed by atoms with Crippen LogP contribution in [0.15, 0.2) is 52.0 Å². The molecule has 0 radical (unpaired) electrons. The summed E-state index contributed by atoms with van der Waals surface area (Å²) in [5.74, 6) is -1.60. The lowest BCUT2D eigenvalue weighted by atomic mass is 10.1. The second kappa shape index (κ2) is 7.69. The predicted molar refractivity (Wildman–Crippen MR) is 94.4 cm³/mol. The maximum absolute atomic E-state index is 11.7. The van der Waals surface area contributed by atoms with Crippen molar-refractivity contribution in [3.8, 4) is 0 Å². The standard InChI is InChI=1S/C17H16BrN3O2/c1-11-3-4-13(9-12(11)2)10-19-21-17(23)16(22)20-15-7-5-14(18)6-8-15/h3-10H,1-2H3,(H,20,22)(H,21,23)/b19-10+. The molecule has 2 N–H and O–H groups in total. The number of hydrogen-bond donors (Lipinski definition) is 2. The summed E-state index contributed by atoms with van der Waals surface area (Å²) in [6.07, 6.45) is 1.50. The van der Waals surface area contributed by atoms with Crippen LogP contribution in [0, 0.1) is 13.8 Å². The third-order valence-electron chi connectivity index (χ3n) is 3.22. The van der Waals surface area contributed by atoms with Gasteiger partial charge in [-0.15, -0.1) is 0 Å². The number of nitrogens with one attached hydrogen (secondary N) is 2. The van der Waals surface area contributed by atoms with Crippen molar-refractivity contribution in [2.24, 2.45) is 5.10 Å². The van der Waals surface area contributed by atoms with E-state index in [1.54, 1.807) is 24.3 Å². The molecular formula is C17H16BrN3O2. The van der Waals surface area contributed by atoms with Gasteiger partial charge in [0.25, 0.3) is 0 Å². The monoisotopic (exact) mass is 373 g/mol. The highest BCUT2D eigenvalue weighted by molar-refractivity contribution is 9.10. The lowest BCUT2D eigenvalue weighted by Crippen LogP contribution is -2.32. The van der Waals surface area contributed by atoms with Crippen LogP contribution in [0.4, 0.5) is 5.69 Å². The van der Waals surface area contributed by atoms with Crippen molar-refractivity contribution in [3.05, 3.63) is 63.6 Å². The number of hydrazone groups is 1. The van der Waals surface area contributed by atoms with Gasteiger partial charge in [-0.25, -0.2) is 5.43 Å². The summed E-state index contributed by atoms with van der Waals surface area (Å²) in [6, 6.07) is 12.7. The van der Waals surface area contributed by atoms with E-state index in [1.807, 2.05) is 32.0 Å². The lowest BCUT2D eigenvalue weighted by molar-refractivity contribution is -0.136. The molecule has 5 nitrogen and oxygen atoms in total. The highest BCUT2D eigenvalue weighted by atomic mass is 79.9. The SMILES string of the molecule is Cc1ccc(/C=N/NC(=O)C(=O)Nc2ccc(Br)cc2)cc1C. The van der Waals surface area contributed by atoms with Gasteiger partial charge in [0.05, 0.1) is 6.21 Å². The van der Waals surface area contributed by atoms with Crippen molar-refractivity contribution in [1.29, 1.82) is 0 Å². The first-order chi connectivity index (χ1) is 11.0. The summed E-state index contributed by atoms with van der Waals surface area (Å²) in [7, 11) is 0. The van der Waals surface area contributed by atoms with Gasteiger partial charge in [0, 0.05) is 10.2 Å². The maximum Gasteiger partial charge on any atom is 0.329 e. The Bertz CT molecular complexity index is 755. The fourth-order valence-corrected chi connectivity index (χ4v) is 2.05. The minimum atomic E-state index is -0.826. The number of carbonyl (C=O) groups is 2. The summed E-state index contributed by atoms with van der Waals surface area (Å²) in [5, 5.41) is 6.28. The van der Waals surface area contributed by atoms with E-state index in [2.05, 4.69) is 31.8 Å². The lowest BCUT2D eigenvalue weighted by Gasteiger charge is -2.04. The molecule has 0 fully saturated rings. The molecule has 0 unspecified atom stereocenters. The van der Waals surface area contributed by atoms with E-state index in [0.717, 1.165) is 15.6 Å². The van der Waals surface area contributed by atoms with E-state index in [-0.39, 0.29) is 0 Å². The quantitative estimate of drug-likeness (QED) is 0.492. The molecule has 2 aromatic carbocycles. The van der Waals surface area contributed by atoms with Crippen LogP contribution in [-0.2, 0) is 9.59 Å². The van der Waals surface area contributed by atoms with E-state index in [1.165, 1.54) is 11.8 Å². The highest BCUT2D eigenvalue weighted by Crippen LogP contribution is 2.13. The predicted octanol–water partition coefficient (Wildman–Crippen LogP) is 3.15. The number of nitrogens with zero attached hydrogens (tertiary/aromatic N) is 1. The van der Waals surface area contributed by atoms with Gasteiger partial charge >= 0.3 is 11.8 Å². The maximum atomic E-state index is 11.7. The fraction of sp³-hybridized carbons (Fsp3) is 0.118. The van der Waals surface area contributed by atoms with Gasteiger partial charge in [0.15, 0.2) is 0 Å². The van der Waals surface area contributed by atoms with E-state index in [9.17, 15) is 9.59 Å². The number of aryl methyl sites for hydroxylation is 2. The number of rotatable bonds is 3. The Hall–Kier alpha value is -2.47. The Morgan fingerprint density at radius 3 is 2.35 bits per heavy atom. The second-order valence-electron chi connectivity index (χ2n) is 5.00. The van der Waals surface area contributed by atoms with Gasteiger partial charge in [-0.3, -0.25) is 9.59 Å². The van der Waals surface area contributed by atoms with Crippen molar-refractivity contribution in [1.82, 2.24) is 5.43 Å². The van der Waals surface area contributed by atoms with Gasteiger partial charge in [0.1, 0.15) is 0 Å². The molecule has 0 bridgehead atoms. The number of amides is 2. The molecule has 0 aliphatic heterocycles. The third kappa shape index (κ3) is 5.03. The molecule has 0 aliphatic rings. The molecule has 23 heavy (non-hydrogen) atoms. The molecule has 2 rings (SSSR count). The molecule has 0 spiro atoms. The van der Waals surface area contributed by atoms with Crippen LogP contribution in [0.25, 0.3) is 0 Å². The summed E-state index contributed by atoms with van der Waals surface area (Å²) in [6.45, 7) is 4.02. The Kier molecular flexibility index (Phi) is 5.65. The van der Waals surface area contributed by atoms with Gasteiger partial charge < -0.3 is 5.32 Å². The number of anilines is 1. The first-order valence-electron chi connectivity index (χ1n) is 6.93. The van der Waals surface area contributed by atoms with E-state index >= 15 is 0 Å². The zero-order valence-corrected chi connectivity index (χ0v) is 14.3. The summed E-state index contributed by atoms with van der Waals surface area (Å²) in [4.78, 5) is 23.4. The molecule has 0 heterocycles.